The Morgan fingerprint density at radius 2 is 2.22 bits per heavy atom. The van der Waals surface area contributed by atoms with Crippen molar-refractivity contribution in [2.75, 3.05) is 6.54 Å². The third-order valence-electron chi connectivity index (χ3n) is 1.73. The van der Waals surface area contributed by atoms with Crippen LogP contribution < -0.4 is 5.73 Å². The van der Waals surface area contributed by atoms with Gasteiger partial charge in [0.15, 0.2) is 0 Å². The van der Waals surface area contributed by atoms with Crippen molar-refractivity contribution in [3.63, 3.8) is 0 Å². The Balaban J connectivity index is 2.75. The summed E-state index contributed by atoms with van der Waals surface area (Å²) < 4.78 is 0. The molecule has 1 heteroatoms. The second-order valence-electron chi connectivity index (χ2n) is 2.68. The Kier molecular flexibility index (Phi) is 1.72. The van der Waals surface area contributed by atoms with Gasteiger partial charge in [0.25, 0.3) is 0 Å². The molecule has 0 aromatic carbocycles. The van der Waals surface area contributed by atoms with Crippen LogP contribution in [-0.4, -0.2) is 6.54 Å². The van der Waals surface area contributed by atoms with Gasteiger partial charge >= 0.3 is 0 Å². The molecule has 0 fully saturated rings. The molecule has 9 heavy (non-hydrogen) atoms. The van der Waals surface area contributed by atoms with E-state index in [1.54, 1.807) is 0 Å². The lowest BCUT2D eigenvalue weighted by Crippen LogP contribution is -2.00. The smallest absolute Gasteiger partial charge is 0.0177 e. The third kappa shape index (κ3) is 1.22. The highest BCUT2D eigenvalue weighted by Crippen LogP contribution is 2.22. The molecule has 1 nitrogen and oxygen atoms in total. The van der Waals surface area contributed by atoms with E-state index in [0.29, 0.717) is 6.54 Å². The van der Waals surface area contributed by atoms with Gasteiger partial charge in [-0.15, -0.1) is 0 Å². The van der Waals surface area contributed by atoms with E-state index in [4.69, 9.17) is 5.73 Å². The molecule has 50 valence electrons. The summed E-state index contributed by atoms with van der Waals surface area (Å²) in [6.45, 7) is 4.99. The van der Waals surface area contributed by atoms with Crippen molar-refractivity contribution in [1.29, 1.82) is 0 Å². The van der Waals surface area contributed by atoms with Crippen LogP contribution in [0.1, 0.15) is 20.3 Å². The van der Waals surface area contributed by atoms with Gasteiger partial charge in [-0.3, -0.25) is 0 Å². The normalized spacial score (nSPS) is 18.8. The van der Waals surface area contributed by atoms with Crippen LogP contribution in [0.15, 0.2) is 22.8 Å². The molecule has 0 saturated heterocycles. The van der Waals surface area contributed by atoms with Crippen molar-refractivity contribution >= 4 is 0 Å². The first-order valence-electron chi connectivity index (χ1n) is 3.30. The predicted octanol–water partition coefficient (Wildman–Crippen LogP) is 1.61. The lowest BCUT2D eigenvalue weighted by atomic mass is 10.1. The first kappa shape index (κ1) is 6.56. The van der Waals surface area contributed by atoms with Crippen molar-refractivity contribution in [3.05, 3.63) is 22.8 Å². The van der Waals surface area contributed by atoms with Gasteiger partial charge < -0.3 is 5.73 Å². The summed E-state index contributed by atoms with van der Waals surface area (Å²) in [4.78, 5) is 0. The Bertz CT molecular complexity index is 175. The van der Waals surface area contributed by atoms with E-state index in [9.17, 15) is 0 Å². The van der Waals surface area contributed by atoms with Crippen LogP contribution in [0, 0.1) is 0 Å². The molecule has 0 unspecified atom stereocenters. The zero-order valence-electron chi connectivity index (χ0n) is 6.07. The summed E-state index contributed by atoms with van der Waals surface area (Å²) in [7, 11) is 0. The maximum absolute atomic E-state index is 5.48. The molecule has 0 aromatic heterocycles. The largest absolute Gasteiger partial charge is 0.326 e. The molecular formula is C8H13N. The van der Waals surface area contributed by atoms with Gasteiger partial charge in [0.1, 0.15) is 0 Å². The number of allylic oxidation sites excluding steroid dienone is 2. The van der Waals surface area contributed by atoms with Gasteiger partial charge in [0.2, 0.25) is 0 Å². The highest BCUT2D eigenvalue weighted by Gasteiger charge is 2.06. The highest BCUT2D eigenvalue weighted by molar-refractivity contribution is 5.37. The average molecular weight is 123 g/mol. The van der Waals surface area contributed by atoms with Crippen LogP contribution in [0.3, 0.4) is 0 Å². The lowest BCUT2D eigenvalue weighted by molar-refractivity contribution is 1.11. The number of hydrogen-bond donors (Lipinski definition) is 1. The fourth-order valence-corrected chi connectivity index (χ4v) is 1.24. The molecule has 0 radical (unpaired) electrons. The van der Waals surface area contributed by atoms with Gasteiger partial charge in [-0.25, -0.2) is 0 Å². The molecule has 0 aliphatic heterocycles. The number of hydrogen-bond acceptors (Lipinski definition) is 1. The minimum absolute atomic E-state index is 0.698. The Morgan fingerprint density at radius 1 is 1.56 bits per heavy atom. The van der Waals surface area contributed by atoms with Crippen molar-refractivity contribution in [1.82, 2.24) is 0 Å². The van der Waals surface area contributed by atoms with Crippen LogP contribution in [-0.2, 0) is 0 Å². The Labute approximate surface area is 56.2 Å². The highest BCUT2D eigenvalue weighted by atomic mass is 14.5. The minimum atomic E-state index is 0.698. The van der Waals surface area contributed by atoms with Gasteiger partial charge in [-0.05, 0) is 25.8 Å². The van der Waals surface area contributed by atoms with Crippen LogP contribution >= 0.6 is 0 Å². The van der Waals surface area contributed by atoms with Crippen LogP contribution in [0.4, 0.5) is 0 Å². The fourth-order valence-electron chi connectivity index (χ4n) is 1.24. The predicted molar refractivity (Wildman–Crippen MR) is 40.1 cm³/mol. The molecule has 0 atom stereocenters. The molecule has 1 aliphatic rings. The molecule has 1 rings (SSSR count). The summed E-state index contributed by atoms with van der Waals surface area (Å²) in [5, 5.41) is 0. The van der Waals surface area contributed by atoms with Crippen LogP contribution in [0.5, 0.6) is 0 Å². The molecule has 0 heterocycles. The maximum Gasteiger partial charge on any atom is 0.0177 e. The van der Waals surface area contributed by atoms with Crippen LogP contribution in [0.2, 0.25) is 0 Å². The second kappa shape index (κ2) is 2.36. The molecular weight excluding hydrogens is 110 g/mol. The van der Waals surface area contributed by atoms with Gasteiger partial charge in [-0.1, -0.05) is 17.2 Å². The van der Waals surface area contributed by atoms with E-state index < -0.39 is 0 Å². The van der Waals surface area contributed by atoms with E-state index in [1.807, 2.05) is 0 Å². The molecule has 0 spiro atoms. The first-order valence-corrected chi connectivity index (χ1v) is 3.30. The standard InChI is InChI=1S/C8H13N/c1-6-3-7(2)8(4-6)5-9/h4H,3,5,9H2,1-2H3. The Morgan fingerprint density at radius 3 is 2.44 bits per heavy atom. The molecule has 0 saturated carbocycles. The quantitative estimate of drug-likeness (QED) is 0.563. The van der Waals surface area contributed by atoms with E-state index >= 15 is 0 Å². The summed E-state index contributed by atoms with van der Waals surface area (Å²) in [6, 6.07) is 0. The van der Waals surface area contributed by atoms with Crippen molar-refractivity contribution < 1.29 is 0 Å². The molecule has 1 aliphatic carbocycles. The lowest BCUT2D eigenvalue weighted by Gasteiger charge is -1.94. The maximum atomic E-state index is 5.48. The summed E-state index contributed by atoms with van der Waals surface area (Å²) in [5.41, 5.74) is 9.69. The SMILES string of the molecule is CC1=CC(CN)=C(C)C1. The van der Waals surface area contributed by atoms with Crippen molar-refractivity contribution in [3.8, 4) is 0 Å². The minimum Gasteiger partial charge on any atom is -0.326 e. The van der Waals surface area contributed by atoms with E-state index in [1.165, 1.54) is 16.7 Å². The fraction of sp³-hybridized carbons (Fsp3) is 0.500. The number of rotatable bonds is 1. The average Bonchev–Trinajstić information content (AvgIpc) is 2.10. The Hall–Kier alpha value is -0.560. The monoisotopic (exact) mass is 123 g/mol. The van der Waals surface area contributed by atoms with E-state index in [-0.39, 0.29) is 0 Å². The van der Waals surface area contributed by atoms with Crippen LogP contribution in [0.25, 0.3) is 0 Å². The molecule has 0 amide bonds. The molecule has 2 N–H and O–H groups in total. The first-order chi connectivity index (χ1) is 4.24. The molecule has 0 aromatic rings. The summed E-state index contributed by atoms with van der Waals surface area (Å²) in [6.07, 6.45) is 3.32. The second-order valence-corrected chi connectivity index (χ2v) is 2.68. The van der Waals surface area contributed by atoms with Gasteiger partial charge in [0, 0.05) is 6.54 Å². The topological polar surface area (TPSA) is 26.0 Å². The van der Waals surface area contributed by atoms with Gasteiger partial charge in [-0.2, -0.15) is 0 Å². The number of nitrogens with two attached hydrogens (primary N) is 1. The summed E-state index contributed by atoms with van der Waals surface area (Å²) >= 11 is 0. The van der Waals surface area contributed by atoms with E-state index in [2.05, 4.69) is 19.9 Å². The molecule has 0 bridgehead atoms. The third-order valence-corrected chi connectivity index (χ3v) is 1.73. The zero-order chi connectivity index (χ0) is 6.85. The van der Waals surface area contributed by atoms with Gasteiger partial charge in [0.05, 0.1) is 0 Å². The van der Waals surface area contributed by atoms with E-state index in [0.717, 1.165) is 6.42 Å². The zero-order valence-corrected chi connectivity index (χ0v) is 6.07. The van der Waals surface area contributed by atoms with Crippen molar-refractivity contribution in [2.24, 2.45) is 5.73 Å². The van der Waals surface area contributed by atoms with Crippen molar-refractivity contribution in [2.45, 2.75) is 20.3 Å². The summed E-state index contributed by atoms with van der Waals surface area (Å²) in [5.74, 6) is 0.